The molecule has 0 atom stereocenters. The van der Waals surface area contributed by atoms with Gasteiger partial charge in [0.2, 0.25) is 0 Å². The van der Waals surface area contributed by atoms with E-state index in [4.69, 9.17) is 0 Å². The summed E-state index contributed by atoms with van der Waals surface area (Å²) < 4.78 is 1.45. The van der Waals surface area contributed by atoms with Gasteiger partial charge in [-0.1, -0.05) is 17.3 Å². The SMILES string of the molecule is Cc1c(-c2ccn[nH]2)nnn1-c1ccccc1[N+](=O)[O-]. The molecular weight excluding hydrogens is 260 g/mol. The van der Waals surface area contributed by atoms with Crippen molar-refractivity contribution in [2.45, 2.75) is 6.92 Å². The van der Waals surface area contributed by atoms with E-state index < -0.39 is 4.92 Å². The Hall–Kier alpha value is -3.03. The smallest absolute Gasteiger partial charge is 0.276 e. The fourth-order valence-electron chi connectivity index (χ4n) is 1.99. The van der Waals surface area contributed by atoms with E-state index in [9.17, 15) is 10.1 Å². The van der Waals surface area contributed by atoms with Gasteiger partial charge in [-0.2, -0.15) is 5.10 Å². The van der Waals surface area contributed by atoms with Gasteiger partial charge in [-0.15, -0.1) is 5.10 Å². The van der Waals surface area contributed by atoms with Crippen LogP contribution in [0.15, 0.2) is 36.5 Å². The molecule has 0 unspecified atom stereocenters. The van der Waals surface area contributed by atoms with Crippen LogP contribution in [0.1, 0.15) is 5.69 Å². The van der Waals surface area contributed by atoms with Gasteiger partial charge in [-0.05, 0) is 19.1 Å². The molecule has 0 saturated carbocycles. The van der Waals surface area contributed by atoms with Gasteiger partial charge in [0, 0.05) is 12.3 Å². The maximum absolute atomic E-state index is 11.1. The van der Waals surface area contributed by atoms with Crippen LogP contribution in [0.25, 0.3) is 17.1 Å². The molecule has 100 valence electrons. The molecule has 2 heterocycles. The number of aromatic nitrogens is 5. The van der Waals surface area contributed by atoms with E-state index in [0.717, 1.165) is 0 Å². The summed E-state index contributed by atoms with van der Waals surface area (Å²) in [5.41, 5.74) is 2.39. The molecule has 0 aliphatic carbocycles. The molecule has 20 heavy (non-hydrogen) atoms. The highest BCUT2D eigenvalue weighted by atomic mass is 16.6. The minimum absolute atomic E-state index is 0.0170. The zero-order valence-corrected chi connectivity index (χ0v) is 10.5. The predicted molar refractivity (Wildman–Crippen MR) is 70.3 cm³/mol. The fourth-order valence-corrected chi connectivity index (χ4v) is 1.99. The average Bonchev–Trinajstić information content (AvgIpc) is 3.07. The summed E-state index contributed by atoms with van der Waals surface area (Å²) in [4.78, 5) is 10.6. The summed E-state index contributed by atoms with van der Waals surface area (Å²) >= 11 is 0. The zero-order chi connectivity index (χ0) is 14.1. The number of hydrogen-bond acceptors (Lipinski definition) is 5. The van der Waals surface area contributed by atoms with Gasteiger partial charge in [-0.3, -0.25) is 15.2 Å². The Labute approximate surface area is 113 Å². The predicted octanol–water partition coefficient (Wildman–Crippen LogP) is 1.87. The molecule has 0 spiro atoms. The Bertz CT molecular complexity index is 762. The summed E-state index contributed by atoms with van der Waals surface area (Å²) in [5, 5.41) is 25.8. The largest absolute Gasteiger partial charge is 0.294 e. The van der Waals surface area contributed by atoms with E-state index in [1.165, 1.54) is 10.7 Å². The first-order chi connectivity index (χ1) is 9.68. The molecule has 0 radical (unpaired) electrons. The Morgan fingerprint density at radius 1 is 1.30 bits per heavy atom. The highest BCUT2D eigenvalue weighted by Crippen LogP contribution is 2.26. The Balaban J connectivity index is 2.15. The summed E-state index contributed by atoms with van der Waals surface area (Å²) in [6, 6.07) is 8.17. The van der Waals surface area contributed by atoms with Gasteiger partial charge in [0.15, 0.2) is 0 Å². The Kier molecular flexibility index (Phi) is 2.75. The van der Waals surface area contributed by atoms with Gasteiger partial charge in [-0.25, -0.2) is 4.68 Å². The van der Waals surface area contributed by atoms with Crippen LogP contribution in [0.4, 0.5) is 5.69 Å². The third-order valence-corrected chi connectivity index (χ3v) is 2.96. The van der Waals surface area contributed by atoms with Crippen molar-refractivity contribution in [1.82, 2.24) is 25.2 Å². The van der Waals surface area contributed by atoms with E-state index in [1.807, 2.05) is 0 Å². The number of para-hydroxylation sites is 2. The van der Waals surface area contributed by atoms with Gasteiger partial charge < -0.3 is 0 Å². The van der Waals surface area contributed by atoms with Crippen molar-refractivity contribution in [3.8, 4) is 17.1 Å². The van der Waals surface area contributed by atoms with Crippen molar-refractivity contribution in [3.63, 3.8) is 0 Å². The molecule has 0 amide bonds. The monoisotopic (exact) mass is 270 g/mol. The van der Waals surface area contributed by atoms with Crippen LogP contribution in [-0.2, 0) is 0 Å². The summed E-state index contributed by atoms with van der Waals surface area (Å²) in [6.45, 7) is 1.80. The van der Waals surface area contributed by atoms with Gasteiger partial charge in [0.05, 0.1) is 16.3 Å². The standard InChI is InChI=1S/C12H10N6O2/c1-8-12(9-6-7-13-14-9)15-16-17(8)10-4-2-3-5-11(10)18(19)20/h2-7H,1H3,(H,13,14). The molecule has 8 nitrogen and oxygen atoms in total. The molecule has 0 aliphatic rings. The normalized spacial score (nSPS) is 10.7. The lowest BCUT2D eigenvalue weighted by Crippen LogP contribution is -2.03. The number of benzene rings is 1. The van der Waals surface area contributed by atoms with Crippen molar-refractivity contribution in [2.75, 3.05) is 0 Å². The number of aromatic amines is 1. The minimum Gasteiger partial charge on any atom is -0.276 e. The van der Waals surface area contributed by atoms with Crippen molar-refractivity contribution >= 4 is 5.69 Å². The third kappa shape index (κ3) is 1.83. The molecule has 0 saturated heterocycles. The molecule has 1 aromatic carbocycles. The maximum atomic E-state index is 11.1. The number of hydrogen-bond donors (Lipinski definition) is 1. The second-order valence-electron chi connectivity index (χ2n) is 4.15. The highest BCUT2D eigenvalue weighted by Gasteiger charge is 2.19. The third-order valence-electron chi connectivity index (χ3n) is 2.96. The molecule has 0 fully saturated rings. The van der Waals surface area contributed by atoms with E-state index in [-0.39, 0.29) is 5.69 Å². The molecule has 3 aromatic rings. The second-order valence-corrected chi connectivity index (χ2v) is 4.15. The number of nitrogens with one attached hydrogen (secondary N) is 1. The highest BCUT2D eigenvalue weighted by molar-refractivity contribution is 5.59. The maximum Gasteiger partial charge on any atom is 0.294 e. The topological polar surface area (TPSA) is 103 Å². The molecule has 3 rings (SSSR count). The van der Waals surface area contributed by atoms with E-state index in [2.05, 4.69) is 20.5 Å². The van der Waals surface area contributed by atoms with Crippen LogP contribution >= 0.6 is 0 Å². The van der Waals surface area contributed by atoms with Crippen molar-refractivity contribution in [3.05, 3.63) is 52.3 Å². The first-order valence-electron chi connectivity index (χ1n) is 5.84. The van der Waals surface area contributed by atoms with Crippen molar-refractivity contribution < 1.29 is 4.92 Å². The fraction of sp³-hybridized carbons (Fsp3) is 0.0833. The summed E-state index contributed by atoms with van der Waals surface area (Å²) in [7, 11) is 0. The first-order valence-corrected chi connectivity index (χ1v) is 5.84. The Morgan fingerprint density at radius 2 is 2.10 bits per heavy atom. The van der Waals surface area contributed by atoms with E-state index in [0.29, 0.717) is 22.8 Å². The zero-order valence-electron chi connectivity index (χ0n) is 10.5. The lowest BCUT2D eigenvalue weighted by molar-refractivity contribution is -0.384. The van der Waals surface area contributed by atoms with Crippen molar-refractivity contribution in [2.24, 2.45) is 0 Å². The lowest BCUT2D eigenvalue weighted by atomic mass is 10.2. The molecule has 0 bridgehead atoms. The van der Waals surface area contributed by atoms with Crippen LogP contribution in [0, 0.1) is 17.0 Å². The number of nitro groups is 1. The van der Waals surface area contributed by atoms with Crippen molar-refractivity contribution in [1.29, 1.82) is 0 Å². The minimum atomic E-state index is -0.438. The number of nitrogens with zero attached hydrogens (tertiary/aromatic N) is 5. The van der Waals surface area contributed by atoms with Crippen LogP contribution in [0.2, 0.25) is 0 Å². The number of rotatable bonds is 3. The lowest BCUT2D eigenvalue weighted by Gasteiger charge is -2.04. The second kappa shape index (κ2) is 4.57. The molecule has 0 aliphatic heterocycles. The van der Waals surface area contributed by atoms with Gasteiger partial charge in [0.1, 0.15) is 11.4 Å². The summed E-state index contributed by atoms with van der Waals surface area (Å²) in [5.74, 6) is 0. The molecule has 1 N–H and O–H groups in total. The van der Waals surface area contributed by atoms with E-state index in [1.54, 1.807) is 37.4 Å². The van der Waals surface area contributed by atoms with E-state index >= 15 is 0 Å². The first kappa shape index (κ1) is 12.0. The quantitative estimate of drug-likeness (QED) is 0.578. The Morgan fingerprint density at radius 3 is 2.80 bits per heavy atom. The van der Waals surface area contributed by atoms with Gasteiger partial charge in [0.25, 0.3) is 5.69 Å². The van der Waals surface area contributed by atoms with Gasteiger partial charge >= 0.3 is 0 Å². The van der Waals surface area contributed by atoms with Crippen LogP contribution in [-0.4, -0.2) is 30.1 Å². The van der Waals surface area contributed by atoms with Crippen LogP contribution in [0.3, 0.4) is 0 Å². The number of nitro benzene ring substituents is 1. The number of H-pyrrole nitrogens is 1. The van der Waals surface area contributed by atoms with Crippen LogP contribution < -0.4 is 0 Å². The summed E-state index contributed by atoms with van der Waals surface area (Å²) in [6.07, 6.45) is 1.61. The molecule has 8 heteroatoms. The average molecular weight is 270 g/mol. The molecule has 2 aromatic heterocycles. The van der Waals surface area contributed by atoms with Crippen LogP contribution in [0.5, 0.6) is 0 Å². The molecular formula is C12H10N6O2.